The molecule has 33 heavy (non-hydrogen) atoms. The standard InChI is InChI=1S/C27H15N3S3/c31-25-13-7-1-4-10-16(13)28-22-19(25)23-21(27(33)14-8-2-5-11-17(14)29-23)24-20(22)26(32)15-9-3-6-12-18(15)30-24/h1-12H,(H,28,31)(H,29,33)(H,30,32)/i/hD2. The maximum Gasteiger partial charge on any atom is 0.167 e. The Morgan fingerprint density at radius 2 is 0.848 bits per heavy atom. The highest BCUT2D eigenvalue weighted by Crippen LogP contribution is 2.39. The highest BCUT2D eigenvalue weighted by Gasteiger charge is 2.18. The van der Waals surface area contributed by atoms with Gasteiger partial charge in [0.05, 0.1) is 30.1 Å². The predicted molar refractivity (Wildman–Crippen MR) is 147 cm³/mol. The van der Waals surface area contributed by atoms with E-state index in [1.54, 1.807) is 0 Å². The van der Waals surface area contributed by atoms with Gasteiger partial charge in [0.15, 0.2) is 2.82 Å². The smallest absolute Gasteiger partial charge is 0.167 e. The van der Waals surface area contributed by atoms with Crippen LogP contribution in [0, 0.1) is 13.5 Å². The fourth-order valence-corrected chi connectivity index (χ4v) is 5.94. The second-order valence-electron chi connectivity index (χ2n) is 8.11. The Hall–Kier alpha value is -3.45. The fraction of sp³-hybridized carbons (Fsp3) is 0. The first-order valence-corrected chi connectivity index (χ1v) is 11.7. The van der Waals surface area contributed by atoms with E-state index in [-0.39, 0.29) is 0 Å². The average molecular weight is 480 g/mol. The molecule has 0 amide bonds. The number of para-hydroxylation sites is 3. The molecular formula is C27H15N3S3. The Balaban J connectivity index is 2.01. The van der Waals surface area contributed by atoms with Gasteiger partial charge in [-0.1, -0.05) is 91.3 Å². The second-order valence-corrected chi connectivity index (χ2v) is 9.34. The molecule has 0 aliphatic carbocycles. The molecule has 0 unspecified atom stereocenters. The van der Waals surface area contributed by atoms with E-state index in [2.05, 4.69) is 4.98 Å². The number of pyridine rings is 3. The summed E-state index contributed by atoms with van der Waals surface area (Å²) in [5.74, 6) is 0. The van der Waals surface area contributed by atoms with Gasteiger partial charge in [0.2, 0.25) is 0 Å². The first-order chi connectivity index (χ1) is 17.0. The summed E-state index contributed by atoms with van der Waals surface area (Å²) in [6, 6.07) is 23.1. The number of aromatic nitrogens is 3. The van der Waals surface area contributed by atoms with Crippen molar-refractivity contribution in [3.63, 3.8) is 0 Å². The molecule has 0 bridgehead atoms. The molecule has 7 aromatic rings. The zero-order chi connectivity index (χ0) is 24.0. The summed E-state index contributed by atoms with van der Waals surface area (Å²) in [5.41, 5.74) is 4.12. The summed E-state index contributed by atoms with van der Waals surface area (Å²) in [7, 11) is 0. The quantitative estimate of drug-likeness (QED) is 0.116. The molecule has 156 valence electrons. The molecular weight excluding hydrogens is 463 g/mol. The van der Waals surface area contributed by atoms with Crippen molar-refractivity contribution in [3.05, 3.63) is 86.3 Å². The van der Waals surface area contributed by atoms with Crippen molar-refractivity contribution in [2.24, 2.45) is 0 Å². The van der Waals surface area contributed by atoms with E-state index in [1.807, 2.05) is 72.8 Å². The summed E-state index contributed by atoms with van der Waals surface area (Å²) in [6.45, 7) is 0. The summed E-state index contributed by atoms with van der Waals surface area (Å²) >= 11 is 18.1. The number of fused-ring (bicyclic) bond motifs is 9. The molecule has 3 aromatic heterocycles. The highest BCUT2D eigenvalue weighted by atomic mass is 32.1. The van der Waals surface area contributed by atoms with Gasteiger partial charge in [0.1, 0.15) is 0 Å². The monoisotopic (exact) mass is 479 g/mol. The Kier molecular flexibility index (Phi) is 3.51. The highest BCUT2D eigenvalue weighted by molar-refractivity contribution is 7.72. The molecule has 0 atom stereocenters. The maximum absolute atomic E-state index is 9.19. The van der Waals surface area contributed by atoms with Crippen LogP contribution in [0.1, 0.15) is 0 Å². The molecule has 0 saturated heterocycles. The van der Waals surface area contributed by atoms with Gasteiger partial charge in [-0.05, 0) is 18.2 Å². The Morgan fingerprint density at radius 3 is 1.33 bits per heavy atom. The van der Waals surface area contributed by atoms with Gasteiger partial charge in [-0.3, -0.25) is 0 Å². The zero-order valence-corrected chi connectivity index (χ0v) is 19.5. The molecule has 0 aliphatic heterocycles. The number of hydrogen-bond donors (Lipinski definition) is 3. The minimum Gasteiger partial charge on any atom is -0.354 e. The summed E-state index contributed by atoms with van der Waals surface area (Å²) in [6.07, 6.45) is 0. The first kappa shape index (κ1) is 17.1. The van der Waals surface area contributed by atoms with E-state index < -0.39 is 0 Å². The van der Waals surface area contributed by atoms with Crippen LogP contribution in [-0.2, 0) is 0 Å². The molecule has 0 fully saturated rings. The van der Waals surface area contributed by atoms with Crippen LogP contribution in [-0.4, -0.2) is 14.9 Å². The lowest BCUT2D eigenvalue weighted by Gasteiger charge is -2.15. The van der Waals surface area contributed by atoms with Crippen LogP contribution in [0.4, 0.5) is 0 Å². The molecule has 6 heteroatoms. The Labute approximate surface area is 205 Å². The van der Waals surface area contributed by atoms with E-state index in [9.17, 15) is 2.82 Å². The number of benzene rings is 4. The van der Waals surface area contributed by atoms with E-state index in [1.165, 1.54) is 9.95 Å². The van der Waals surface area contributed by atoms with Crippen molar-refractivity contribution >= 4 is 102 Å². The number of rotatable bonds is 0. The molecule has 3 N–H and O–H groups in total. The van der Waals surface area contributed by atoms with Crippen LogP contribution in [0.3, 0.4) is 0 Å². The van der Waals surface area contributed by atoms with E-state index in [0.29, 0.717) is 41.0 Å². The number of hydrogen-bond acceptors (Lipinski definition) is 3. The molecule has 0 aliphatic rings. The van der Waals surface area contributed by atoms with Crippen molar-refractivity contribution in [1.29, 1.82) is 0 Å². The predicted octanol–water partition coefficient (Wildman–Crippen LogP) is 8.78. The topological polar surface area (TPSA) is 47.4 Å². The van der Waals surface area contributed by atoms with Gasteiger partial charge in [0.25, 0.3) is 0 Å². The lowest BCUT2D eigenvalue weighted by atomic mass is 9.99. The third kappa shape index (κ3) is 2.51. The lowest BCUT2D eigenvalue weighted by molar-refractivity contribution is 1.46. The molecule has 7 rings (SSSR count). The van der Waals surface area contributed by atoms with Gasteiger partial charge in [-0.2, -0.15) is 0 Å². The van der Waals surface area contributed by atoms with E-state index in [4.69, 9.17) is 36.7 Å². The largest absolute Gasteiger partial charge is 0.354 e. The normalized spacial score (nSPS) is 12.8. The van der Waals surface area contributed by atoms with Gasteiger partial charge >= 0.3 is 0 Å². The molecule has 0 saturated carbocycles. The van der Waals surface area contributed by atoms with Crippen molar-refractivity contribution < 1.29 is 2.82 Å². The summed E-state index contributed by atoms with van der Waals surface area (Å²) < 4.78 is 20.2. The van der Waals surface area contributed by atoms with Crippen LogP contribution in [0.25, 0.3) is 65.4 Å². The maximum atomic E-state index is 9.19. The van der Waals surface area contributed by atoms with Gasteiger partial charge in [0, 0.05) is 48.9 Å². The third-order valence-electron chi connectivity index (χ3n) is 6.32. The molecule has 3 heterocycles. The second kappa shape index (κ2) is 6.78. The molecule has 0 spiro atoms. The zero-order valence-electron chi connectivity index (χ0n) is 19.0. The Bertz CT molecular complexity index is 2190. The Morgan fingerprint density at radius 1 is 0.485 bits per heavy atom. The van der Waals surface area contributed by atoms with Crippen LogP contribution in [0.5, 0.6) is 0 Å². The first-order valence-electron chi connectivity index (χ1n) is 11.4. The van der Waals surface area contributed by atoms with E-state index in [0.717, 1.165) is 38.0 Å². The van der Waals surface area contributed by atoms with Crippen LogP contribution in [0.15, 0.2) is 72.8 Å². The molecule has 4 aromatic carbocycles. The van der Waals surface area contributed by atoms with Crippen molar-refractivity contribution in [1.82, 2.24) is 14.9 Å². The minimum atomic E-state index is 0.578. The lowest BCUT2D eigenvalue weighted by Crippen LogP contribution is -1.95. The summed E-state index contributed by atoms with van der Waals surface area (Å²) in [4.78, 5) is 6.36. The van der Waals surface area contributed by atoms with Crippen LogP contribution < -0.4 is 0 Å². The van der Waals surface area contributed by atoms with Crippen molar-refractivity contribution in [2.75, 3.05) is 0 Å². The number of nitrogens with one attached hydrogen (secondary N) is 3. The SMILES string of the molecule is [2H]n1c2ccccc2c(=S)c2c1c1c(=S)c3ccccc3[nH]c1c1c(=S)c3ccccc3n([2H])c12. The molecule has 0 radical (unpaired) electrons. The van der Waals surface area contributed by atoms with E-state index >= 15 is 0 Å². The van der Waals surface area contributed by atoms with Crippen molar-refractivity contribution in [3.8, 4) is 0 Å². The van der Waals surface area contributed by atoms with Crippen molar-refractivity contribution in [2.45, 2.75) is 0 Å². The molecule has 3 nitrogen and oxygen atoms in total. The van der Waals surface area contributed by atoms with Gasteiger partial charge < -0.3 is 14.9 Å². The van der Waals surface area contributed by atoms with Gasteiger partial charge in [-0.25, -0.2) is 0 Å². The number of H-pyrrole nitrogens is 3. The summed E-state index contributed by atoms with van der Waals surface area (Å²) in [5, 5.41) is 4.55. The minimum absolute atomic E-state index is 0.578. The van der Waals surface area contributed by atoms with Crippen LogP contribution >= 0.6 is 36.7 Å². The van der Waals surface area contributed by atoms with Crippen LogP contribution in [0.2, 0.25) is 2.82 Å². The third-order valence-corrected chi connectivity index (χ3v) is 7.59. The van der Waals surface area contributed by atoms with Gasteiger partial charge in [-0.15, -0.1) is 0 Å². The average Bonchev–Trinajstić information content (AvgIpc) is 2.89. The number of aromatic amines is 3. The fourth-order valence-electron chi connectivity index (χ4n) is 4.83.